The SMILES string of the molecule is CC(=O)C1CCC(CNC(=O)CCO)CC1. The van der Waals surface area contributed by atoms with Crippen LogP contribution in [0.1, 0.15) is 39.0 Å². The molecule has 0 aromatic heterocycles. The van der Waals surface area contributed by atoms with Crippen LogP contribution >= 0.6 is 0 Å². The number of amides is 1. The highest BCUT2D eigenvalue weighted by Crippen LogP contribution is 2.28. The van der Waals surface area contributed by atoms with Crippen molar-refractivity contribution in [1.82, 2.24) is 5.32 Å². The number of carbonyl (C=O) groups is 2. The molecular weight excluding hydrogens is 206 g/mol. The van der Waals surface area contributed by atoms with Crippen LogP contribution in [0.2, 0.25) is 0 Å². The highest BCUT2D eigenvalue weighted by atomic mass is 16.3. The Bertz CT molecular complexity index is 245. The number of hydrogen-bond acceptors (Lipinski definition) is 3. The normalized spacial score (nSPS) is 25.1. The molecule has 0 bridgehead atoms. The second-order valence-corrected chi connectivity index (χ2v) is 4.61. The molecule has 1 rings (SSSR count). The van der Waals surface area contributed by atoms with Gasteiger partial charge in [0.1, 0.15) is 5.78 Å². The van der Waals surface area contributed by atoms with Gasteiger partial charge >= 0.3 is 0 Å². The molecule has 2 N–H and O–H groups in total. The van der Waals surface area contributed by atoms with Crippen molar-refractivity contribution in [2.24, 2.45) is 11.8 Å². The first-order chi connectivity index (χ1) is 7.63. The summed E-state index contributed by atoms with van der Waals surface area (Å²) in [5, 5.41) is 11.4. The molecule has 0 atom stereocenters. The Morgan fingerprint density at radius 1 is 1.25 bits per heavy atom. The van der Waals surface area contributed by atoms with E-state index in [-0.39, 0.29) is 24.9 Å². The lowest BCUT2D eigenvalue weighted by Gasteiger charge is -2.27. The largest absolute Gasteiger partial charge is 0.396 e. The van der Waals surface area contributed by atoms with E-state index in [0.717, 1.165) is 25.7 Å². The second-order valence-electron chi connectivity index (χ2n) is 4.61. The molecule has 92 valence electrons. The number of aliphatic hydroxyl groups excluding tert-OH is 1. The van der Waals surface area contributed by atoms with Gasteiger partial charge in [0.05, 0.1) is 6.61 Å². The van der Waals surface area contributed by atoms with Gasteiger partial charge in [-0.05, 0) is 38.5 Å². The molecule has 0 heterocycles. The molecule has 4 heteroatoms. The zero-order valence-electron chi connectivity index (χ0n) is 9.87. The minimum Gasteiger partial charge on any atom is -0.396 e. The quantitative estimate of drug-likeness (QED) is 0.732. The van der Waals surface area contributed by atoms with Crippen molar-refractivity contribution in [3.8, 4) is 0 Å². The highest BCUT2D eigenvalue weighted by Gasteiger charge is 2.23. The van der Waals surface area contributed by atoms with Gasteiger partial charge in [0.25, 0.3) is 0 Å². The summed E-state index contributed by atoms with van der Waals surface area (Å²) in [6, 6.07) is 0. The van der Waals surface area contributed by atoms with E-state index in [0.29, 0.717) is 18.2 Å². The molecule has 0 unspecified atom stereocenters. The first-order valence-electron chi connectivity index (χ1n) is 6.01. The van der Waals surface area contributed by atoms with Gasteiger partial charge in [-0.25, -0.2) is 0 Å². The maximum atomic E-state index is 11.2. The fourth-order valence-electron chi connectivity index (χ4n) is 2.22. The number of ketones is 1. The Kier molecular flexibility index (Phi) is 5.46. The minimum absolute atomic E-state index is 0.0869. The van der Waals surface area contributed by atoms with E-state index in [9.17, 15) is 9.59 Å². The summed E-state index contributed by atoms with van der Waals surface area (Å²) in [6.07, 6.45) is 4.13. The van der Waals surface area contributed by atoms with Gasteiger partial charge in [-0.1, -0.05) is 0 Å². The van der Waals surface area contributed by atoms with Crippen molar-refractivity contribution in [2.45, 2.75) is 39.0 Å². The van der Waals surface area contributed by atoms with E-state index in [4.69, 9.17) is 5.11 Å². The highest BCUT2D eigenvalue weighted by molar-refractivity contribution is 5.78. The van der Waals surface area contributed by atoms with E-state index >= 15 is 0 Å². The van der Waals surface area contributed by atoms with E-state index in [1.54, 1.807) is 6.92 Å². The van der Waals surface area contributed by atoms with Crippen LogP contribution in [0.25, 0.3) is 0 Å². The summed E-state index contributed by atoms with van der Waals surface area (Å²) in [5.41, 5.74) is 0. The average Bonchev–Trinajstić information content (AvgIpc) is 2.27. The van der Waals surface area contributed by atoms with Gasteiger partial charge in [0, 0.05) is 18.9 Å². The van der Waals surface area contributed by atoms with Crippen LogP contribution in [0.4, 0.5) is 0 Å². The van der Waals surface area contributed by atoms with Gasteiger partial charge in [-0.2, -0.15) is 0 Å². The number of aliphatic hydroxyl groups is 1. The molecule has 0 aromatic rings. The summed E-state index contributed by atoms with van der Waals surface area (Å²) in [7, 11) is 0. The predicted octanol–water partition coefficient (Wildman–Crippen LogP) is 0.880. The zero-order chi connectivity index (χ0) is 12.0. The molecule has 0 radical (unpaired) electrons. The summed E-state index contributed by atoms with van der Waals surface area (Å²) >= 11 is 0. The summed E-state index contributed by atoms with van der Waals surface area (Å²) in [4.78, 5) is 22.3. The Labute approximate surface area is 96.4 Å². The molecule has 0 aromatic carbocycles. The standard InChI is InChI=1S/C12H21NO3/c1-9(15)11-4-2-10(3-5-11)8-13-12(16)6-7-14/h10-11,14H,2-8H2,1H3,(H,13,16). The van der Waals surface area contributed by atoms with E-state index in [1.807, 2.05) is 0 Å². The molecule has 1 fully saturated rings. The van der Waals surface area contributed by atoms with E-state index in [2.05, 4.69) is 5.32 Å². The van der Waals surface area contributed by atoms with Gasteiger partial charge in [0.15, 0.2) is 0 Å². The van der Waals surface area contributed by atoms with Gasteiger partial charge in [0.2, 0.25) is 5.91 Å². The van der Waals surface area contributed by atoms with Gasteiger partial charge in [-0.15, -0.1) is 0 Å². The topological polar surface area (TPSA) is 66.4 Å². The zero-order valence-corrected chi connectivity index (χ0v) is 9.87. The molecule has 16 heavy (non-hydrogen) atoms. The second kappa shape index (κ2) is 6.63. The fourth-order valence-corrected chi connectivity index (χ4v) is 2.22. The number of rotatable bonds is 5. The predicted molar refractivity (Wildman–Crippen MR) is 60.8 cm³/mol. The lowest BCUT2D eigenvalue weighted by atomic mass is 9.80. The summed E-state index contributed by atoms with van der Waals surface area (Å²) in [6.45, 7) is 2.25. The van der Waals surface area contributed by atoms with Crippen molar-refractivity contribution in [2.75, 3.05) is 13.2 Å². The number of Topliss-reactive ketones (excluding diaryl/α,β-unsaturated/α-hetero) is 1. The van der Waals surface area contributed by atoms with Crippen LogP contribution < -0.4 is 5.32 Å². The molecule has 0 saturated heterocycles. The molecule has 0 spiro atoms. The number of nitrogens with one attached hydrogen (secondary N) is 1. The first kappa shape index (κ1) is 13.2. The van der Waals surface area contributed by atoms with Crippen molar-refractivity contribution in [3.05, 3.63) is 0 Å². The first-order valence-corrected chi connectivity index (χ1v) is 6.01. The fraction of sp³-hybridized carbons (Fsp3) is 0.833. The minimum atomic E-state index is -0.0943. The third-order valence-electron chi connectivity index (χ3n) is 3.35. The smallest absolute Gasteiger partial charge is 0.222 e. The third-order valence-corrected chi connectivity index (χ3v) is 3.35. The van der Waals surface area contributed by atoms with E-state index < -0.39 is 0 Å². The van der Waals surface area contributed by atoms with Gasteiger partial charge in [-0.3, -0.25) is 9.59 Å². The summed E-state index contributed by atoms with van der Waals surface area (Å²) in [5.74, 6) is 0.946. The molecule has 1 aliphatic rings. The van der Waals surface area contributed by atoms with Crippen LogP contribution in [0.15, 0.2) is 0 Å². The molecular formula is C12H21NO3. The van der Waals surface area contributed by atoms with Gasteiger partial charge < -0.3 is 10.4 Å². The maximum Gasteiger partial charge on any atom is 0.222 e. The van der Waals surface area contributed by atoms with E-state index in [1.165, 1.54) is 0 Å². The molecule has 1 aliphatic carbocycles. The van der Waals surface area contributed by atoms with Crippen molar-refractivity contribution in [1.29, 1.82) is 0 Å². The third kappa shape index (κ3) is 4.31. The number of hydrogen-bond donors (Lipinski definition) is 2. The molecule has 4 nitrogen and oxygen atoms in total. The average molecular weight is 227 g/mol. The Morgan fingerprint density at radius 3 is 2.38 bits per heavy atom. The molecule has 1 saturated carbocycles. The lowest BCUT2D eigenvalue weighted by Crippen LogP contribution is -2.32. The van der Waals surface area contributed by atoms with Crippen LogP contribution in [0.5, 0.6) is 0 Å². The summed E-state index contributed by atoms with van der Waals surface area (Å²) < 4.78 is 0. The Balaban J connectivity index is 2.17. The van der Waals surface area contributed by atoms with Crippen LogP contribution in [0.3, 0.4) is 0 Å². The monoisotopic (exact) mass is 227 g/mol. The molecule has 1 amide bonds. The Hall–Kier alpha value is -0.900. The van der Waals surface area contributed by atoms with Crippen LogP contribution in [-0.2, 0) is 9.59 Å². The Morgan fingerprint density at radius 2 is 1.88 bits per heavy atom. The maximum absolute atomic E-state index is 11.2. The van der Waals surface area contributed by atoms with Crippen molar-refractivity contribution >= 4 is 11.7 Å². The van der Waals surface area contributed by atoms with Crippen LogP contribution in [-0.4, -0.2) is 29.9 Å². The van der Waals surface area contributed by atoms with Crippen molar-refractivity contribution < 1.29 is 14.7 Å². The van der Waals surface area contributed by atoms with Crippen molar-refractivity contribution in [3.63, 3.8) is 0 Å². The van der Waals surface area contributed by atoms with Crippen LogP contribution in [0, 0.1) is 11.8 Å². The molecule has 0 aliphatic heterocycles. The lowest BCUT2D eigenvalue weighted by molar-refractivity contribution is -0.123. The number of carbonyl (C=O) groups excluding carboxylic acids is 2.